The molecule has 0 saturated carbocycles. The minimum Gasteiger partial charge on any atom is -0.494 e. The van der Waals surface area contributed by atoms with Crippen LogP contribution in [-0.2, 0) is 4.79 Å². The van der Waals surface area contributed by atoms with E-state index < -0.39 is 5.97 Å². The zero-order valence-corrected chi connectivity index (χ0v) is 13.9. The standard InChI is InChI=1S/C19H19ClO3/c1-3-9-23-16-6-4-5-14(10-16)11-17(19(21)22)15-8-7-13(2)18(20)12-15/h4-8,10-12H,3,9H2,1-2H3,(H,21,22)/b17-11-. The molecule has 0 radical (unpaired) electrons. The van der Waals surface area contributed by atoms with Gasteiger partial charge in [0.2, 0.25) is 0 Å². The van der Waals surface area contributed by atoms with Gasteiger partial charge in [0.15, 0.2) is 0 Å². The molecule has 0 spiro atoms. The Morgan fingerprint density at radius 3 is 2.70 bits per heavy atom. The molecule has 0 atom stereocenters. The molecule has 0 saturated heterocycles. The van der Waals surface area contributed by atoms with Gasteiger partial charge in [0.25, 0.3) is 0 Å². The van der Waals surface area contributed by atoms with Crippen molar-refractivity contribution in [3.63, 3.8) is 0 Å². The van der Waals surface area contributed by atoms with Crippen molar-refractivity contribution in [2.45, 2.75) is 20.3 Å². The minimum atomic E-state index is -0.996. The summed E-state index contributed by atoms with van der Waals surface area (Å²) in [5.41, 5.74) is 2.45. The van der Waals surface area contributed by atoms with Crippen LogP contribution in [0.25, 0.3) is 11.6 Å². The molecule has 3 nitrogen and oxygen atoms in total. The number of benzene rings is 2. The number of carboxylic acid groups (broad SMARTS) is 1. The third-order valence-electron chi connectivity index (χ3n) is 3.36. The van der Waals surface area contributed by atoms with Gasteiger partial charge in [0.05, 0.1) is 12.2 Å². The Hall–Kier alpha value is -2.26. The SMILES string of the molecule is CCCOc1cccc(/C=C(\C(=O)O)c2ccc(C)c(Cl)c2)c1. The zero-order chi connectivity index (χ0) is 16.8. The van der Waals surface area contributed by atoms with E-state index in [9.17, 15) is 9.90 Å². The number of aliphatic carboxylic acids is 1. The van der Waals surface area contributed by atoms with Crippen LogP contribution in [0.2, 0.25) is 5.02 Å². The molecule has 0 aliphatic carbocycles. The molecule has 0 aliphatic rings. The lowest BCUT2D eigenvalue weighted by Gasteiger charge is -2.07. The van der Waals surface area contributed by atoms with Gasteiger partial charge in [-0.3, -0.25) is 0 Å². The van der Waals surface area contributed by atoms with Gasteiger partial charge in [-0.05, 0) is 54.3 Å². The second kappa shape index (κ2) is 7.84. The lowest BCUT2D eigenvalue weighted by atomic mass is 10.0. The van der Waals surface area contributed by atoms with E-state index in [2.05, 4.69) is 0 Å². The van der Waals surface area contributed by atoms with Gasteiger partial charge in [-0.25, -0.2) is 4.79 Å². The van der Waals surface area contributed by atoms with Crippen molar-refractivity contribution in [1.29, 1.82) is 0 Å². The highest BCUT2D eigenvalue weighted by molar-refractivity contribution is 6.32. The molecule has 0 heterocycles. The summed E-state index contributed by atoms with van der Waals surface area (Å²) < 4.78 is 5.58. The largest absolute Gasteiger partial charge is 0.494 e. The summed E-state index contributed by atoms with van der Waals surface area (Å²) in [4.78, 5) is 11.6. The van der Waals surface area contributed by atoms with E-state index in [4.69, 9.17) is 16.3 Å². The van der Waals surface area contributed by atoms with Gasteiger partial charge in [-0.15, -0.1) is 0 Å². The van der Waals surface area contributed by atoms with Crippen molar-refractivity contribution in [2.75, 3.05) is 6.61 Å². The van der Waals surface area contributed by atoms with Crippen molar-refractivity contribution in [2.24, 2.45) is 0 Å². The molecule has 0 aliphatic heterocycles. The first kappa shape index (κ1) is 17.1. The van der Waals surface area contributed by atoms with Gasteiger partial charge in [-0.1, -0.05) is 42.8 Å². The first-order valence-corrected chi connectivity index (χ1v) is 7.83. The van der Waals surface area contributed by atoms with Crippen molar-refractivity contribution in [3.05, 3.63) is 64.2 Å². The molecule has 23 heavy (non-hydrogen) atoms. The number of carboxylic acids is 1. The second-order valence-corrected chi connectivity index (χ2v) is 5.66. The Bertz CT molecular complexity index is 735. The van der Waals surface area contributed by atoms with Crippen LogP contribution in [0, 0.1) is 6.92 Å². The summed E-state index contributed by atoms with van der Waals surface area (Å²) in [5, 5.41) is 10.1. The summed E-state index contributed by atoms with van der Waals surface area (Å²) in [6.45, 7) is 4.55. The Morgan fingerprint density at radius 2 is 2.04 bits per heavy atom. The molecule has 4 heteroatoms. The molecule has 0 amide bonds. The molecule has 1 N–H and O–H groups in total. The summed E-state index contributed by atoms with van der Waals surface area (Å²) in [6, 6.07) is 12.6. The van der Waals surface area contributed by atoms with Gasteiger partial charge in [0.1, 0.15) is 5.75 Å². The quantitative estimate of drug-likeness (QED) is 0.594. The van der Waals surface area contributed by atoms with E-state index in [-0.39, 0.29) is 5.57 Å². The third kappa shape index (κ3) is 4.60. The maximum absolute atomic E-state index is 11.6. The summed E-state index contributed by atoms with van der Waals surface area (Å²) in [5.74, 6) is -0.267. The van der Waals surface area contributed by atoms with Crippen molar-refractivity contribution in [3.8, 4) is 5.75 Å². The fraction of sp³-hybridized carbons (Fsp3) is 0.211. The molecule has 2 rings (SSSR count). The molecule has 2 aromatic rings. The Morgan fingerprint density at radius 1 is 1.26 bits per heavy atom. The van der Waals surface area contributed by atoms with Crippen molar-refractivity contribution >= 4 is 29.2 Å². The third-order valence-corrected chi connectivity index (χ3v) is 3.76. The number of rotatable bonds is 6. The molecule has 0 fully saturated rings. The van der Waals surface area contributed by atoms with E-state index in [0.717, 1.165) is 23.3 Å². The number of carbonyl (C=O) groups is 1. The average molecular weight is 331 g/mol. The number of hydrogen-bond donors (Lipinski definition) is 1. The fourth-order valence-electron chi connectivity index (χ4n) is 2.11. The molecule has 0 unspecified atom stereocenters. The highest BCUT2D eigenvalue weighted by atomic mass is 35.5. The topological polar surface area (TPSA) is 46.5 Å². The zero-order valence-electron chi connectivity index (χ0n) is 13.2. The van der Waals surface area contributed by atoms with E-state index >= 15 is 0 Å². The van der Waals surface area contributed by atoms with Crippen LogP contribution < -0.4 is 4.74 Å². The van der Waals surface area contributed by atoms with Crippen LogP contribution in [0.15, 0.2) is 42.5 Å². The van der Waals surface area contributed by atoms with Crippen LogP contribution in [-0.4, -0.2) is 17.7 Å². The lowest BCUT2D eigenvalue weighted by molar-refractivity contribution is -0.130. The molecule has 2 aromatic carbocycles. The van der Waals surface area contributed by atoms with Crippen LogP contribution >= 0.6 is 11.6 Å². The van der Waals surface area contributed by atoms with E-state index in [0.29, 0.717) is 17.2 Å². The maximum Gasteiger partial charge on any atom is 0.336 e. The minimum absolute atomic E-state index is 0.194. The lowest BCUT2D eigenvalue weighted by Crippen LogP contribution is -2.00. The maximum atomic E-state index is 11.6. The number of aryl methyl sites for hydroxylation is 1. The van der Waals surface area contributed by atoms with E-state index in [1.165, 1.54) is 0 Å². The molecular weight excluding hydrogens is 312 g/mol. The first-order chi connectivity index (χ1) is 11.0. The van der Waals surface area contributed by atoms with E-state index in [1.807, 2.05) is 44.2 Å². The fourth-order valence-corrected chi connectivity index (χ4v) is 2.29. The van der Waals surface area contributed by atoms with Gasteiger partial charge >= 0.3 is 5.97 Å². The number of hydrogen-bond acceptors (Lipinski definition) is 2. The van der Waals surface area contributed by atoms with Gasteiger partial charge < -0.3 is 9.84 Å². The Balaban J connectivity index is 2.39. The summed E-state index contributed by atoms with van der Waals surface area (Å²) in [7, 11) is 0. The van der Waals surface area contributed by atoms with Gasteiger partial charge in [0, 0.05) is 5.02 Å². The normalized spacial score (nSPS) is 11.3. The predicted octanol–water partition coefficient (Wildman–Crippen LogP) is 5.06. The molecule has 0 bridgehead atoms. The highest BCUT2D eigenvalue weighted by Crippen LogP contribution is 2.25. The van der Waals surface area contributed by atoms with Gasteiger partial charge in [-0.2, -0.15) is 0 Å². The summed E-state index contributed by atoms with van der Waals surface area (Å²) >= 11 is 6.11. The smallest absolute Gasteiger partial charge is 0.336 e. The second-order valence-electron chi connectivity index (χ2n) is 5.25. The number of halogens is 1. The summed E-state index contributed by atoms with van der Waals surface area (Å²) in [6.07, 6.45) is 2.55. The Labute approximate surface area is 141 Å². The van der Waals surface area contributed by atoms with Crippen LogP contribution in [0.1, 0.15) is 30.0 Å². The average Bonchev–Trinajstić information content (AvgIpc) is 2.53. The van der Waals surface area contributed by atoms with Crippen LogP contribution in [0.5, 0.6) is 5.75 Å². The van der Waals surface area contributed by atoms with Crippen LogP contribution in [0.4, 0.5) is 0 Å². The Kier molecular flexibility index (Phi) is 5.83. The van der Waals surface area contributed by atoms with Crippen LogP contribution in [0.3, 0.4) is 0 Å². The molecule has 0 aromatic heterocycles. The van der Waals surface area contributed by atoms with Crippen molar-refractivity contribution in [1.82, 2.24) is 0 Å². The molecule has 120 valence electrons. The van der Waals surface area contributed by atoms with Crippen molar-refractivity contribution < 1.29 is 14.6 Å². The highest BCUT2D eigenvalue weighted by Gasteiger charge is 2.12. The predicted molar refractivity (Wildman–Crippen MR) is 93.9 cm³/mol. The number of ether oxygens (including phenoxy) is 1. The first-order valence-electron chi connectivity index (χ1n) is 7.45. The molecular formula is C19H19ClO3. The monoisotopic (exact) mass is 330 g/mol. The van der Waals surface area contributed by atoms with E-state index in [1.54, 1.807) is 18.2 Å².